The zero-order valence-corrected chi connectivity index (χ0v) is 11.1. The Balaban J connectivity index is 2.22. The summed E-state index contributed by atoms with van der Waals surface area (Å²) in [6.45, 7) is 4.27. The Morgan fingerprint density at radius 1 is 1.40 bits per heavy atom. The van der Waals surface area contributed by atoms with E-state index in [-0.39, 0.29) is 0 Å². The van der Waals surface area contributed by atoms with E-state index in [0.717, 1.165) is 35.8 Å². The van der Waals surface area contributed by atoms with Crippen LogP contribution < -0.4 is 4.90 Å². The molecular formula is C10H14BrN3S. The summed E-state index contributed by atoms with van der Waals surface area (Å²) in [4.78, 5) is 11.2. The minimum absolute atomic E-state index is 0.884. The van der Waals surface area contributed by atoms with Crippen LogP contribution in [0.2, 0.25) is 0 Å². The Hall–Kier alpha value is -0.290. The van der Waals surface area contributed by atoms with E-state index in [1.807, 2.05) is 17.8 Å². The summed E-state index contributed by atoms with van der Waals surface area (Å²) in [7, 11) is 0. The van der Waals surface area contributed by atoms with E-state index >= 15 is 0 Å². The van der Waals surface area contributed by atoms with E-state index in [4.69, 9.17) is 0 Å². The van der Waals surface area contributed by atoms with Crippen LogP contribution >= 0.6 is 27.7 Å². The molecule has 1 fully saturated rings. The van der Waals surface area contributed by atoms with Crippen molar-refractivity contribution in [2.45, 2.75) is 13.3 Å². The van der Waals surface area contributed by atoms with E-state index in [1.54, 1.807) is 0 Å². The molecule has 0 spiro atoms. The third-order valence-electron chi connectivity index (χ3n) is 2.38. The molecule has 0 atom stereocenters. The molecule has 0 amide bonds. The SMILES string of the molecule is CCc1nc(Br)cc(N2CCSCC2)n1. The Bertz CT molecular complexity index is 339. The minimum atomic E-state index is 0.884. The first kappa shape index (κ1) is 11.2. The molecular weight excluding hydrogens is 274 g/mol. The van der Waals surface area contributed by atoms with Gasteiger partial charge in [-0.2, -0.15) is 11.8 Å². The molecule has 2 rings (SSSR count). The van der Waals surface area contributed by atoms with Crippen molar-refractivity contribution in [3.05, 3.63) is 16.5 Å². The topological polar surface area (TPSA) is 29.0 Å². The number of anilines is 1. The second-order valence-corrected chi connectivity index (χ2v) is 5.46. The third-order valence-corrected chi connectivity index (χ3v) is 3.73. The average molecular weight is 288 g/mol. The van der Waals surface area contributed by atoms with Crippen LogP contribution in [0.3, 0.4) is 0 Å². The highest BCUT2D eigenvalue weighted by molar-refractivity contribution is 9.10. The van der Waals surface area contributed by atoms with Gasteiger partial charge in [0.2, 0.25) is 0 Å². The lowest BCUT2D eigenvalue weighted by atomic mass is 10.4. The maximum atomic E-state index is 4.55. The summed E-state index contributed by atoms with van der Waals surface area (Å²) < 4.78 is 0.891. The standard InChI is InChI=1S/C10H14BrN3S/c1-2-9-12-8(11)7-10(13-9)14-3-5-15-6-4-14/h7H,2-6H2,1H3. The fourth-order valence-electron chi connectivity index (χ4n) is 1.56. The van der Waals surface area contributed by atoms with Crippen LogP contribution in [0.1, 0.15) is 12.7 Å². The van der Waals surface area contributed by atoms with Crippen molar-refractivity contribution in [2.24, 2.45) is 0 Å². The number of rotatable bonds is 2. The van der Waals surface area contributed by atoms with Gasteiger partial charge in [-0.15, -0.1) is 0 Å². The minimum Gasteiger partial charge on any atom is -0.355 e. The van der Waals surface area contributed by atoms with Crippen LogP contribution in [0.4, 0.5) is 5.82 Å². The van der Waals surface area contributed by atoms with E-state index < -0.39 is 0 Å². The summed E-state index contributed by atoms with van der Waals surface area (Å²) in [5.74, 6) is 4.37. The molecule has 1 saturated heterocycles. The predicted molar refractivity (Wildman–Crippen MR) is 68.6 cm³/mol. The lowest BCUT2D eigenvalue weighted by Gasteiger charge is -2.27. The molecule has 15 heavy (non-hydrogen) atoms. The molecule has 0 radical (unpaired) electrons. The molecule has 0 N–H and O–H groups in total. The van der Waals surface area contributed by atoms with E-state index in [2.05, 4.69) is 37.7 Å². The summed E-state index contributed by atoms with van der Waals surface area (Å²) in [6.07, 6.45) is 0.884. The van der Waals surface area contributed by atoms with Crippen LogP contribution in [0.15, 0.2) is 10.7 Å². The number of thioether (sulfide) groups is 1. The molecule has 2 heterocycles. The predicted octanol–water partition coefficient (Wildman–Crippen LogP) is 2.35. The molecule has 1 aliphatic heterocycles. The molecule has 3 nitrogen and oxygen atoms in total. The zero-order valence-electron chi connectivity index (χ0n) is 8.74. The van der Waals surface area contributed by atoms with Crippen molar-refractivity contribution >= 4 is 33.5 Å². The molecule has 0 unspecified atom stereocenters. The summed E-state index contributed by atoms with van der Waals surface area (Å²) in [6, 6.07) is 2.01. The summed E-state index contributed by atoms with van der Waals surface area (Å²) in [5.41, 5.74) is 0. The monoisotopic (exact) mass is 287 g/mol. The summed E-state index contributed by atoms with van der Waals surface area (Å²) >= 11 is 5.45. The second-order valence-electron chi connectivity index (χ2n) is 3.42. The second kappa shape index (κ2) is 5.16. The Morgan fingerprint density at radius 2 is 2.13 bits per heavy atom. The maximum Gasteiger partial charge on any atom is 0.133 e. The molecule has 1 aromatic heterocycles. The van der Waals surface area contributed by atoms with E-state index in [0.29, 0.717) is 0 Å². The fraction of sp³-hybridized carbons (Fsp3) is 0.600. The third kappa shape index (κ3) is 2.84. The maximum absolute atomic E-state index is 4.55. The van der Waals surface area contributed by atoms with Crippen molar-refractivity contribution in [1.29, 1.82) is 0 Å². The van der Waals surface area contributed by atoms with Gasteiger partial charge < -0.3 is 4.90 Å². The van der Waals surface area contributed by atoms with Crippen molar-refractivity contribution in [2.75, 3.05) is 29.5 Å². The van der Waals surface area contributed by atoms with Crippen LogP contribution in [-0.2, 0) is 6.42 Å². The van der Waals surface area contributed by atoms with Crippen molar-refractivity contribution in [1.82, 2.24) is 9.97 Å². The van der Waals surface area contributed by atoms with Crippen LogP contribution in [0, 0.1) is 0 Å². The number of aryl methyl sites for hydroxylation is 1. The zero-order chi connectivity index (χ0) is 10.7. The number of nitrogens with zero attached hydrogens (tertiary/aromatic N) is 3. The number of aromatic nitrogens is 2. The van der Waals surface area contributed by atoms with Gasteiger partial charge >= 0.3 is 0 Å². The van der Waals surface area contributed by atoms with Gasteiger partial charge in [-0.05, 0) is 15.9 Å². The quantitative estimate of drug-likeness (QED) is 0.781. The Morgan fingerprint density at radius 3 is 2.80 bits per heavy atom. The van der Waals surface area contributed by atoms with E-state index in [9.17, 15) is 0 Å². The average Bonchev–Trinajstić information content (AvgIpc) is 2.29. The largest absolute Gasteiger partial charge is 0.355 e. The highest BCUT2D eigenvalue weighted by Gasteiger charge is 2.13. The number of halogens is 1. The fourth-order valence-corrected chi connectivity index (χ4v) is 2.88. The first-order chi connectivity index (χ1) is 7.29. The van der Waals surface area contributed by atoms with Crippen LogP contribution in [0.25, 0.3) is 0 Å². The Labute approximate surface area is 103 Å². The first-order valence-electron chi connectivity index (χ1n) is 5.15. The smallest absolute Gasteiger partial charge is 0.133 e. The van der Waals surface area contributed by atoms with E-state index in [1.165, 1.54) is 11.5 Å². The van der Waals surface area contributed by atoms with Gasteiger partial charge in [0.1, 0.15) is 16.2 Å². The van der Waals surface area contributed by atoms with Gasteiger partial charge in [0.15, 0.2) is 0 Å². The molecule has 0 aliphatic carbocycles. The van der Waals surface area contributed by atoms with Gasteiger partial charge in [-0.3, -0.25) is 0 Å². The van der Waals surface area contributed by atoms with Gasteiger partial charge in [0.05, 0.1) is 0 Å². The lowest BCUT2D eigenvalue weighted by Crippen LogP contribution is -2.33. The number of hydrogen-bond acceptors (Lipinski definition) is 4. The highest BCUT2D eigenvalue weighted by Crippen LogP contribution is 2.20. The molecule has 82 valence electrons. The van der Waals surface area contributed by atoms with Gasteiger partial charge in [-0.25, -0.2) is 9.97 Å². The molecule has 1 aromatic rings. The number of hydrogen-bond donors (Lipinski definition) is 0. The summed E-state index contributed by atoms with van der Waals surface area (Å²) in [5, 5.41) is 0. The molecule has 0 bridgehead atoms. The van der Waals surface area contributed by atoms with Crippen molar-refractivity contribution < 1.29 is 0 Å². The molecule has 1 aliphatic rings. The normalized spacial score (nSPS) is 16.8. The van der Waals surface area contributed by atoms with Crippen molar-refractivity contribution in [3.8, 4) is 0 Å². The van der Waals surface area contributed by atoms with Gasteiger partial charge in [-0.1, -0.05) is 6.92 Å². The molecule has 0 aromatic carbocycles. The highest BCUT2D eigenvalue weighted by atomic mass is 79.9. The van der Waals surface area contributed by atoms with Gasteiger partial charge in [0, 0.05) is 37.1 Å². The molecule has 5 heteroatoms. The Kier molecular flexibility index (Phi) is 3.86. The van der Waals surface area contributed by atoms with Crippen LogP contribution in [-0.4, -0.2) is 34.6 Å². The van der Waals surface area contributed by atoms with Gasteiger partial charge in [0.25, 0.3) is 0 Å². The lowest BCUT2D eigenvalue weighted by molar-refractivity contribution is 0.814. The first-order valence-corrected chi connectivity index (χ1v) is 7.10. The molecule has 0 saturated carbocycles. The van der Waals surface area contributed by atoms with Crippen molar-refractivity contribution in [3.63, 3.8) is 0 Å². The van der Waals surface area contributed by atoms with Crippen LogP contribution in [0.5, 0.6) is 0 Å².